The summed E-state index contributed by atoms with van der Waals surface area (Å²) >= 11 is 0. The number of unbranched alkanes of at least 4 members (excludes halogenated alkanes) is 2. The van der Waals surface area contributed by atoms with Crippen molar-refractivity contribution in [3.8, 4) is 6.07 Å². The maximum absolute atomic E-state index is 8.58. The zero-order valence-electron chi connectivity index (χ0n) is 14.0. The Hall–Kier alpha value is -2.00. The van der Waals surface area contributed by atoms with E-state index in [0.29, 0.717) is 25.2 Å². The van der Waals surface area contributed by atoms with Gasteiger partial charge in [0.2, 0.25) is 0 Å². The minimum absolute atomic E-state index is 0.156. The average molecular weight is 315 g/mol. The van der Waals surface area contributed by atoms with Gasteiger partial charge in [0.15, 0.2) is 5.82 Å². The normalized spacial score (nSPS) is 20.3. The molecule has 0 spiro atoms. The molecule has 6 heteroatoms. The fourth-order valence-corrected chi connectivity index (χ4v) is 2.72. The Balaban J connectivity index is 1.90. The largest absolute Gasteiger partial charge is 0.374 e. The third-order valence-electron chi connectivity index (χ3n) is 4.20. The van der Waals surface area contributed by atoms with Gasteiger partial charge in [0.05, 0.1) is 24.6 Å². The second-order valence-electron chi connectivity index (χ2n) is 5.93. The molecule has 124 valence electrons. The van der Waals surface area contributed by atoms with Crippen LogP contribution < -0.4 is 0 Å². The zero-order chi connectivity index (χ0) is 16.5. The highest BCUT2D eigenvalue weighted by Crippen LogP contribution is 2.30. The van der Waals surface area contributed by atoms with Gasteiger partial charge in [0.1, 0.15) is 0 Å². The average Bonchev–Trinajstić information content (AvgIpc) is 3.02. The van der Waals surface area contributed by atoms with Gasteiger partial charge in [-0.25, -0.2) is 0 Å². The SMILES string of the molecule is CCCCCC1(OC)C=CC(Cc2nnn(CCC#N)n2)=CC1. The second kappa shape index (κ2) is 8.59. The topological polar surface area (TPSA) is 76.6 Å². The number of hydrogen-bond acceptors (Lipinski definition) is 5. The smallest absolute Gasteiger partial charge is 0.179 e. The summed E-state index contributed by atoms with van der Waals surface area (Å²) in [4.78, 5) is 1.48. The highest BCUT2D eigenvalue weighted by Gasteiger charge is 2.27. The maximum atomic E-state index is 8.58. The van der Waals surface area contributed by atoms with Crippen LogP contribution in [0, 0.1) is 11.3 Å². The van der Waals surface area contributed by atoms with Crippen LogP contribution in [0.1, 0.15) is 51.3 Å². The van der Waals surface area contributed by atoms with E-state index in [1.54, 1.807) is 7.11 Å². The van der Waals surface area contributed by atoms with Crippen LogP contribution in [0.5, 0.6) is 0 Å². The number of ether oxygens (including phenoxy) is 1. The Kier molecular flexibility index (Phi) is 6.48. The third kappa shape index (κ3) is 5.00. The molecule has 1 aliphatic rings. The quantitative estimate of drug-likeness (QED) is 0.655. The standard InChI is InChI=1S/C17H25N5O/c1-3-4-5-9-17(23-2)10-7-15(8-11-17)14-16-19-21-22(20-16)13-6-12-18/h7-8,10H,3-6,9,11,13-14H2,1-2H3. The van der Waals surface area contributed by atoms with Crippen LogP contribution >= 0.6 is 0 Å². The van der Waals surface area contributed by atoms with E-state index in [-0.39, 0.29) is 5.60 Å². The highest BCUT2D eigenvalue weighted by molar-refractivity contribution is 5.30. The van der Waals surface area contributed by atoms with Crippen molar-refractivity contribution in [2.75, 3.05) is 7.11 Å². The van der Waals surface area contributed by atoms with Gasteiger partial charge in [0.25, 0.3) is 0 Å². The van der Waals surface area contributed by atoms with Crippen LogP contribution in [0.15, 0.2) is 23.8 Å². The molecule has 0 aromatic carbocycles. The number of aryl methyl sites for hydroxylation is 1. The van der Waals surface area contributed by atoms with Gasteiger partial charge in [-0.1, -0.05) is 44.4 Å². The van der Waals surface area contributed by atoms with Crippen molar-refractivity contribution < 1.29 is 4.74 Å². The number of aromatic nitrogens is 4. The van der Waals surface area contributed by atoms with Crippen LogP contribution in [-0.4, -0.2) is 32.9 Å². The fourth-order valence-electron chi connectivity index (χ4n) is 2.72. The van der Waals surface area contributed by atoms with Gasteiger partial charge in [-0.15, -0.1) is 10.2 Å². The molecule has 0 saturated carbocycles. The molecule has 0 saturated heterocycles. The lowest BCUT2D eigenvalue weighted by atomic mass is 9.86. The molecule has 6 nitrogen and oxygen atoms in total. The van der Waals surface area contributed by atoms with Crippen LogP contribution in [0.2, 0.25) is 0 Å². The number of rotatable bonds is 9. The molecule has 2 rings (SSSR count). The summed E-state index contributed by atoms with van der Waals surface area (Å²) < 4.78 is 5.76. The van der Waals surface area contributed by atoms with E-state index in [4.69, 9.17) is 10.00 Å². The van der Waals surface area contributed by atoms with E-state index < -0.39 is 0 Å². The number of nitrogens with zero attached hydrogens (tertiary/aromatic N) is 5. The molecule has 1 aromatic rings. The van der Waals surface area contributed by atoms with Gasteiger partial charge in [0, 0.05) is 13.5 Å². The number of hydrogen-bond donors (Lipinski definition) is 0. The van der Waals surface area contributed by atoms with Crippen molar-refractivity contribution in [3.05, 3.63) is 29.6 Å². The van der Waals surface area contributed by atoms with Crippen molar-refractivity contribution >= 4 is 0 Å². The first-order valence-electron chi connectivity index (χ1n) is 8.28. The second-order valence-corrected chi connectivity index (χ2v) is 5.93. The molecule has 0 radical (unpaired) electrons. The fraction of sp³-hybridized carbons (Fsp3) is 0.647. The minimum Gasteiger partial charge on any atom is -0.374 e. The van der Waals surface area contributed by atoms with Crippen molar-refractivity contribution in [1.29, 1.82) is 5.26 Å². The van der Waals surface area contributed by atoms with Gasteiger partial charge in [-0.3, -0.25) is 0 Å². The highest BCUT2D eigenvalue weighted by atomic mass is 16.5. The summed E-state index contributed by atoms with van der Waals surface area (Å²) in [6, 6.07) is 2.08. The maximum Gasteiger partial charge on any atom is 0.179 e. The molecule has 1 atom stereocenters. The summed E-state index contributed by atoms with van der Waals surface area (Å²) in [7, 11) is 1.79. The molecule has 23 heavy (non-hydrogen) atoms. The first-order chi connectivity index (χ1) is 11.2. The van der Waals surface area contributed by atoms with E-state index in [2.05, 4.69) is 46.6 Å². The molecule has 0 amide bonds. The summed E-state index contributed by atoms with van der Waals surface area (Å²) in [5.41, 5.74) is 1.03. The minimum atomic E-state index is -0.156. The first-order valence-corrected chi connectivity index (χ1v) is 8.28. The van der Waals surface area contributed by atoms with Crippen LogP contribution in [-0.2, 0) is 17.7 Å². The molecule has 0 fully saturated rings. The van der Waals surface area contributed by atoms with Gasteiger partial charge < -0.3 is 4.74 Å². The summed E-state index contributed by atoms with van der Waals surface area (Å²) in [6.07, 6.45) is 13.2. The van der Waals surface area contributed by atoms with E-state index in [1.807, 2.05) is 0 Å². The molecule has 1 unspecified atom stereocenters. The summed E-state index contributed by atoms with van der Waals surface area (Å²) in [5.74, 6) is 0.690. The Morgan fingerprint density at radius 3 is 2.96 bits per heavy atom. The lowest BCUT2D eigenvalue weighted by Crippen LogP contribution is -2.30. The van der Waals surface area contributed by atoms with E-state index in [1.165, 1.54) is 29.6 Å². The predicted molar refractivity (Wildman–Crippen MR) is 87.5 cm³/mol. The van der Waals surface area contributed by atoms with Gasteiger partial charge in [-0.05, 0) is 23.6 Å². The van der Waals surface area contributed by atoms with Crippen molar-refractivity contribution in [2.24, 2.45) is 0 Å². The first kappa shape index (κ1) is 17.4. The third-order valence-corrected chi connectivity index (χ3v) is 4.20. The number of allylic oxidation sites excluding steroid dienone is 2. The van der Waals surface area contributed by atoms with E-state index >= 15 is 0 Å². The van der Waals surface area contributed by atoms with Gasteiger partial charge in [-0.2, -0.15) is 10.1 Å². The lowest BCUT2D eigenvalue weighted by molar-refractivity contribution is 0.0241. The Labute approximate surface area is 137 Å². The van der Waals surface area contributed by atoms with Crippen molar-refractivity contribution in [1.82, 2.24) is 20.2 Å². The predicted octanol–water partition coefficient (Wildman–Crippen LogP) is 2.98. The zero-order valence-corrected chi connectivity index (χ0v) is 14.0. The Morgan fingerprint density at radius 1 is 1.43 bits per heavy atom. The van der Waals surface area contributed by atoms with Crippen molar-refractivity contribution in [3.63, 3.8) is 0 Å². The summed E-state index contributed by atoms with van der Waals surface area (Å²) in [6.45, 7) is 2.70. The number of tetrazole rings is 1. The van der Waals surface area contributed by atoms with E-state index in [0.717, 1.165) is 12.8 Å². The molecular weight excluding hydrogens is 290 g/mol. The van der Waals surface area contributed by atoms with Crippen LogP contribution in [0.4, 0.5) is 0 Å². The van der Waals surface area contributed by atoms with Gasteiger partial charge >= 0.3 is 0 Å². The van der Waals surface area contributed by atoms with Crippen LogP contribution in [0.3, 0.4) is 0 Å². The molecule has 0 N–H and O–H groups in total. The summed E-state index contributed by atoms with van der Waals surface area (Å²) in [5, 5.41) is 20.9. The molecule has 0 bridgehead atoms. The molecule has 1 aromatic heterocycles. The molecule has 0 aliphatic heterocycles. The number of methoxy groups -OCH3 is 1. The van der Waals surface area contributed by atoms with Crippen molar-refractivity contribution in [2.45, 2.75) is 64.0 Å². The lowest BCUT2D eigenvalue weighted by Gasteiger charge is -2.31. The molecular formula is C17H25N5O. The molecule has 1 heterocycles. The Morgan fingerprint density at radius 2 is 2.30 bits per heavy atom. The molecule has 1 aliphatic carbocycles. The Bertz CT molecular complexity index is 598. The van der Waals surface area contributed by atoms with E-state index in [9.17, 15) is 0 Å². The van der Waals surface area contributed by atoms with Crippen LogP contribution in [0.25, 0.3) is 0 Å². The monoisotopic (exact) mass is 315 g/mol. The number of nitriles is 1.